The maximum Gasteiger partial charge on any atom is 0.280 e. The van der Waals surface area contributed by atoms with Gasteiger partial charge >= 0.3 is 0 Å². The van der Waals surface area contributed by atoms with Gasteiger partial charge in [-0.3, -0.25) is 14.8 Å². The minimum Gasteiger partial charge on any atom is -0.378 e. The second-order valence-electron chi connectivity index (χ2n) is 5.86. The number of fused-ring (bicyclic) bond motifs is 1. The number of carbonyl (C=O) groups is 1. The zero-order valence-corrected chi connectivity index (χ0v) is 15.2. The molecule has 1 unspecified atom stereocenters. The maximum absolute atomic E-state index is 13.1. The molecule has 1 aromatic heterocycles. The number of carbonyl (C=O) groups excluding carboxylic acids is 1. The van der Waals surface area contributed by atoms with Gasteiger partial charge in [-0.25, -0.2) is 0 Å². The molecule has 0 spiro atoms. The number of ether oxygens (including phenoxy) is 1. The van der Waals surface area contributed by atoms with E-state index in [-0.39, 0.29) is 11.9 Å². The number of H-pyrrole nitrogens is 1. The first kappa shape index (κ1) is 16.1. The summed E-state index contributed by atoms with van der Waals surface area (Å²) in [5.74, 6) is -0.104. The Hall–Kier alpha value is -2.44. The first-order valence-electron chi connectivity index (χ1n) is 7.91. The minimum absolute atomic E-state index is 0.104. The summed E-state index contributed by atoms with van der Waals surface area (Å²) in [6, 6.07) is 17.5. The van der Waals surface area contributed by atoms with Crippen molar-refractivity contribution >= 4 is 27.5 Å². The molecule has 1 aliphatic rings. The second-order valence-corrected chi connectivity index (χ2v) is 6.78. The number of nitrogens with one attached hydrogen (secondary N) is 1. The lowest BCUT2D eigenvalue weighted by Gasteiger charge is -2.26. The highest BCUT2D eigenvalue weighted by Gasteiger charge is 2.42. The SMILES string of the molecule is COCc1[nH]nc2c1C(c1ccc(Br)cc1)N(c1ccccc1)C2=O. The summed E-state index contributed by atoms with van der Waals surface area (Å²) in [6.45, 7) is 0.380. The number of aromatic amines is 1. The van der Waals surface area contributed by atoms with E-state index in [4.69, 9.17) is 4.74 Å². The molecule has 25 heavy (non-hydrogen) atoms. The minimum atomic E-state index is -0.234. The van der Waals surface area contributed by atoms with E-state index < -0.39 is 0 Å². The van der Waals surface area contributed by atoms with Gasteiger partial charge in [0.15, 0.2) is 5.69 Å². The summed E-state index contributed by atoms with van der Waals surface area (Å²) in [6.07, 6.45) is 0. The summed E-state index contributed by atoms with van der Waals surface area (Å²) in [5.41, 5.74) is 4.05. The highest BCUT2D eigenvalue weighted by Crippen LogP contribution is 2.42. The topological polar surface area (TPSA) is 58.2 Å². The number of amides is 1. The van der Waals surface area contributed by atoms with Gasteiger partial charge in [-0.2, -0.15) is 5.10 Å². The molecule has 5 nitrogen and oxygen atoms in total. The fourth-order valence-electron chi connectivity index (χ4n) is 3.27. The van der Waals surface area contributed by atoms with Gasteiger partial charge in [-0.15, -0.1) is 0 Å². The molecular formula is C19H16BrN3O2. The van der Waals surface area contributed by atoms with E-state index >= 15 is 0 Å². The van der Waals surface area contributed by atoms with Crippen molar-refractivity contribution in [1.82, 2.24) is 10.2 Å². The third kappa shape index (κ3) is 2.67. The lowest BCUT2D eigenvalue weighted by Crippen LogP contribution is -2.29. The molecule has 2 aromatic carbocycles. The van der Waals surface area contributed by atoms with Gasteiger partial charge in [0.25, 0.3) is 5.91 Å². The van der Waals surface area contributed by atoms with E-state index in [1.54, 1.807) is 12.0 Å². The number of rotatable bonds is 4. The highest BCUT2D eigenvalue weighted by atomic mass is 79.9. The maximum atomic E-state index is 13.1. The Labute approximate surface area is 153 Å². The Balaban J connectivity index is 1.89. The fraction of sp³-hybridized carbons (Fsp3) is 0.158. The average molecular weight is 398 g/mol. The summed E-state index contributed by atoms with van der Waals surface area (Å²) in [7, 11) is 1.63. The fourth-order valence-corrected chi connectivity index (χ4v) is 3.54. The molecule has 126 valence electrons. The molecule has 1 atom stereocenters. The van der Waals surface area contributed by atoms with E-state index in [0.717, 1.165) is 27.0 Å². The van der Waals surface area contributed by atoms with Crippen LogP contribution in [0.25, 0.3) is 0 Å². The van der Waals surface area contributed by atoms with E-state index in [1.165, 1.54) is 0 Å². The van der Waals surface area contributed by atoms with Crippen LogP contribution in [-0.4, -0.2) is 23.2 Å². The van der Waals surface area contributed by atoms with E-state index in [0.29, 0.717) is 12.3 Å². The van der Waals surface area contributed by atoms with Crippen LogP contribution in [0.2, 0.25) is 0 Å². The summed E-state index contributed by atoms with van der Waals surface area (Å²) >= 11 is 3.47. The first-order valence-corrected chi connectivity index (χ1v) is 8.70. The van der Waals surface area contributed by atoms with Crippen LogP contribution < -0.4 is 4.90 Å². The molecule has 0 saturated carbocycles. The largest absolute Gasteiger partial charge is 0.378 e. The Morgan fingerprint density at radius 3 is 2.56 bits per heavy atom. The van der Waals surface area contributed by atoms with Crippen molar-refractivity contribution in [1.29, 1.82) is 0 Å². The van der Waals surface area contributed by atoms with Crippen LogP contribution >= 0.6 is 15.9 Å². The highest BCUT2D eigenvalue weighted by molar-refractivity contribution is 9.10. The van der Waals surface area contributed by atoms with Gasteiger partial charge in [-0.05, 0) is 29.8 Å². The average Bonchev–Trinajstić information content (AvgIpc) is 3.16. The van der Waals surface area contributed by atoms with Crippen molar-refractivity contribution in [2.24, 2.45) is 0 Å². The van der Waals surface area contributed by atoms with Gasteiger partial charge in [0.2, 0.25) is 0 Å². The number of aromatic nitrogens is 2. The quantitative estimate of drug-likeness (QED) is 0.721. The third-order valence-corrected chi connectivity index (χ3v) is 4.87. The molecule has 4 rings (SSSR count). The van der Waals surface area contributed by atoms with Gasteiger partial charge in [-0.1, -0.05) is 46.3 Å². The van der Waals surface area contributed by atoms with Crippen LogP contribution in [0.1, 0.15) is 33.4 Å². The van der Waals surface area contributed by atoms with Crippen molar-refractivity contribution in [3.63, 3.8) is 0 Å². The van der Waals surface area contributed by atoms with Crippen molar-refractivity contribution in [2.45, 2.75) is 12.6 Å². The number of methoxy groups -OCH3 is 1. The number of para-hydroxylation sites is 1. The number of nitrogens with zero attached hydrogens (tertiary/aromatic N) is 2. The van der Waals surface area contributed by atoms with Crippen molar-refractivity contribution in [2.75, 3.05) is 12.0 Å². The standard InChI is InChI=1S/C19H16BrN3O2/c1-25-11-15-16-17(22-21-15)19(24)23(14-5-3-2-4-6-14)18(16)12-7-9-13(20)10-8-12/h2-10,18H,11H2,1H3,(H,21,22). The predicted octanol–water partition coefficient (Wildman–Crippen LogP) is 4.07. The lowest BCUT2D eigenvalue weighted by atomic mass is 9.98. The zero-order chi connectivity index (χ0) is 17.4. The van der Waals surface area contributed by atoms with Gasteiger partial charge in [0.1, 0.15) is 0 Å². The molecular weight excluding hydrogens is 382 g/mol. The Morgan fingerprint density at radius 1 is 1.16 bits per heavy atom. The monoisotopic (exact) mass is 397 g/mol. The molecule has 1 aliphatic heterocycles. The number of hydrogen-bond donors (Lipinski definition) is 1. The normalized spacial score (nSPS) is 16.3. The molecule has 0 bridgehead atoms. The zero-order valence-electron chi connectivity index (χ0n) is 13.6. The number of halogens is 1. The molecule has 2 heterocycles. The first-order chi connectivity index (χ1) is 12.2. The predicted molar refractivity (Wildman–Crippen MR) is 98.5 cm³/mol. The van der Waals surface area contributed by atoms with E-state index in [1.807, 2.05) is 54.6 Å². The molecule has 0 aliphatic carbocycles. The van der Waals surface area contributed by atoms with Crippen molar-refractivity contribution in [3.05, 3.63) is 81.6 Å². The molecule has 0 radical (unpaired) electrons. The van der Waals surface area contributed by atoms with Crippen molar-refractivity contribution < 1.29 is 9.53 Å². The van der Waals surface area contributed by atoms with Crippen LogP contribution in [0, 0.1) is 0 Å². The molecule has 6 heteroatoms. The summed E-state index contributed by atoms with van der Waals surface area (Å²) in [5, 5.41) is 7.22. The van der Waals surface area contributed by atoms with Gasteiger partial charge in [0, 0.05) is 22.8 Å². The third-order valence-electron chi connectivity index (χ3n) is 4.34. The van der Waals surface area contributed by atoms with Crippen molar-refractivity contribution in [3.8, 4) is 0 Å². The van der Waals surface area contributed by atoms with E-state index in [9.17, 15) is 4.79 Å². The molecule has 0 fully saturated rings. The van der Waals surface area contributed by atoms with Crippen LogP contribution in [0.15, 0.2) is 59.1 Å². The second kappa shape index (κ2) is 6.46. The van der Waals surface area contributed by atoms with E-state index in [2.05, 4.69) is 26.1 Å². The number of hydrogen-bond acceptors (Lipinski definition) is 3. The van der Waals surface area contributed by atoms with Crippen LogP contribution in [0.4, 0.5) is 5.69 Å². The molecule has 0 saturated heterocycles. The van der Waals surface area contributed by atoms with Crippen LogP contribution in [0.5, 0.6) is 0 Å². The Kier molecular flexibility index (Phi) is 4.15. The van der Waals surface area contributed by atoms with Gasteiger partial charge in [0.05, 0.1) is 18.3 Å². The molecule has 3 aromatic rings. The smallest absolute Gasteiger partial charge is 0.280 e. The number of anilines is 1. The Morgan fingerprint density at radius 2 is 1.88 bits per heavy atom. The van der Waals surface area contributed by atoms with Crippen LogP contribution in [0.3, 0.4) is 0 Å². The molecule has 1 amide bonds. The van der Waals surface area contributed by atoms with Gasteiger partial charge < -0.3 is 4.74 Å². The molecule has 1 N–H and O–H groups in total. The summed E-state index contributed by atoms with van der Waals surface area (Å²) in [4.78, 5) is 14.9. The number of benzene rings is 2. The van der Waals surface area contributed by atoms with Crippen LogP contribution in [-0.2, 0) is 11.3 Å². The lowest BCUT2D eigenvalue weighted by molar-refractivity contribution is 0.0988. The Bertz CT molecular complexity index is 906. The summed E-state index contributed by atoms with van der Waals surface area (Å²) < 4.78 is 6.28.